The van der Waals surface area contributed by atoms with Gasteiger partial charge in [-0.05, 0) is 93.4 Å². The summed E-state index contributed by atoms with van der Waals surface area (Å²) in [6.45, 7) is 0.497. The molecule has 9 fully saturated rings. The highest BCUT2D eigenvalue weighted by Gasteiger charge is 2.73. The summed E-state index contributed by atoms with van der Waals surface area (Å²) in [5.41, 5.74) is -0.447. The van der Waals surface area contributed by atoms with Crippen molar-refractivity contribution in [3.05, 3.63) is 75.8 Å². The molecular formula is C43H44Cl2F5N5O7. The Labute approximate surface area is 363 Å². The molecule has 4 bridgehead atoms. The van der Waals surface area contributed by atoms with Crippen molar-refractivity contribution in [2.45, 2.75) is 112 Å². The molecule has 0 spiro atoms. The van der Waals surface area contributed by atoms with Crippen molar-refractivity contribution in [2.24, 2.45) is 17.3 Å². The molecule has 5 unspecified atom stereocenters. The quantitative estimate of drug-likeness (QED) is 0.148. The Bertz CT molecular complexity index is 2280. The fraction of sp³-hybridized carbons (Fsp3) is 0.581. The lowest BCUT2D eigenvalue weighted by atomic mass is 9.37. The Morgan fingerprint density at radius 1 is 0.968 bits per heavy atom. The number of carbonyl (C=O) groups is 3. The SMILES string of the molecule is O=C(COc1ccc(Cl)c(F)c1)NC1CC2(n3cnc(C4CC(OC(F)(F)F)C4c4cc(OCC(=O)NC56CC(C7CN(CC8CCC8)C(=O)O7)(C5)C6)cc(F)c4Cl)c3)CC1C2. The van der Waals surface area contributed by atoms with Crippen molar-refractivity contribution in [1.82, 2.24) is 25.1 Å². The predicted molar refractivity (Wildman–Crippen MR) is 211 cm³/mol. The molecular weight excluding hydrogens is 864 g/mol. The van der Waals surface area contributed by atoms with Gasteiger partial charge in [-0.1, -0.05) is 29.6 Å². The largest absolute Gasteiger partial charge is 0.522 e. The highest BCUT2D eigenvalue weighted by molar-refractivity contribution is 6.31. The highest BCUT2D eigenvalue weighted by Crippen LogP contribution is 2.70. The van der Waals surface area contributed by atoms with E-state index in [1.807, 2.05) is 4.57 Å². The molecule has 3 aromatic rings. The number of halogens is 7. The minimum atomic E-state index is -4.97. The van der Waals surface area contributed by atoms with Crippen LogP contribution in [-0.4, -0.2) is 88.8 Å². The fourth-order valence-electron chi connectivity index (χ4n) is 11.5. The normalized spacial score (nSPS) is 33.0. The van der Waals surface area contributed by atoms with Crippen LogP contribution in [0.15, 0.2) is 42.9 Å². The topological polar surface area (TPSA) is 133 Å². The standard InChI is InChI=1S/C43H44Cl2F5N5O7/c44-28-5-4-24(7-29(28)46)59-16-35(56)52-31-12-42(10-23(31)11-42)55-14-32(51-21-55)26-9-33(62-43(48,49)50)37(26)27-6-25(8-30(47)38(27)45)60-17-36(57)53-41-18-40(19-41,20-41)34-15-54(39(58)61-34)13-22-2-1-3-22/h4-8,14,21-23,26,31,33-34,37H,1-3,9-13,15-20H2,(H,52,56)(H,53,57). The second-order valence-electron chi connectivity index (χ2n) is 18.7. The van der Waals surface area contributed by atoms with Crippen molar-refractivity contribution < 1.29 is 55.3 Å². The van der Waals surface area contributed by atoms with E-state index in [0.717, 1.165) is 44.4 Å². The monoisotopic (exact) mass is 907 g/mol. The first-order chi connectivity index (χ1) is 29.5. The number of nitrogens with one attached hydrogen (secondary N) is 2. The first-order valence-electron chi connectivity index (χ1n) is 21.0. The molecule has 19 heteroatoms. The van der Waals surface area contributed by atoms with Crippen molar-refractivity contribution in [3.8, 4) is 11.5 Å². The van der Waals surface area contributed by atoms with Crippen LogP contribution in [0, 0.1) is 28.9 Å². The second-order valence-corrected chi connectivity index (χ2v) is 19.5. The Kier molecular flexibility index (Phi) is 10.2. The Balaban J connectivity index is 0.761. The molecule has 5 atom stereocenters. The first kappa shape index (κ1) is 41.6. The number of rotatable bonds is 15. The maximum atomic E-state index is 15.4. The van der Waals surface area contributed by atoms with E-state index in [0.29, 0.717) is 43.8 Å². The minimum Gasteiger partial charge on any atom is -0.484 e. The lowest BCUT2D eigenvalue weighted by molar-refractivity contribution is -0.355. The number of aromatic nitrogens is 2. The molecule has 8 saturated carbocycles. The third-order valence-corrected chi connectivity index (χ3v) is 15.4. The van der Waals surface area contributed by atoms with E-state index in [2.05, 4.69) is 20.4 Å². The number of imidazole rings is 1. The van der Waals surface area contributed by atoms with Crippen LogP contribution in [0.1, 0.15) is 87.3 Å². The van der Waals surface area contributed by atoms with Crippen molar-refractivity contribution in [2.75, 3.05) is 26.3 Å². The molecule has 2 heterocycles. The van der Waals surface area contributed by atoms with Crippen LogP contribution >= 0.6 is 23.2 Å². The molecule has 1 aliphatic heterocycles. The Morgan fingerprint density at radius 2 is 1.69 bits per heavy atom. The predicted octanol–water partition coefficient (Wildman–Crippen LogP) is 7.76. The Hall–Kier alpha value is -4.35. The van der Waals surface area contributed by atoms with E-state index in [4.69, 9.17) is 37.4 Å². The molecule has 12 nitrogen and oxygen atoms in total. The summed E-state index contributed by atoms with van der Waals surface area (Å²) in [7, 11) is 0. The van der Waals surface area contributed by atoms with E-state index >= 15 is 4.39 Å². The smallest absolute Gasteiger partial charge is 0.484 e. The van der Waals surface area contributed by atoms with Gasteiger partial charge >= 0.3 is 12.5 Å². The third-order valence-electron chi connectivity index (χ3n) is 14.7. The Morgan fingerprint density at radius 3 is 2.40 bits per heavy atom. The number of nitrogens with zero attached hydrogens (tertiary/aromatic N) is 3. The lowest BCUT2D eigenvalue weighted by Gasteiger charge is -2.71. The minimum absolute atomic E-state index is 0.0371. The molecule has 2 N–H and O–H groups in total. The zero-order valence-electron chi connectivity index (χ0n) is 33.3. The zero-order chi connectivity index (χ0) is 43.3. The number of amides is 3. The lowest BCUT2D eigenvalue weighted by Crippen LogP contribution is -2.78. The molecule has 1 saturated heterocycles. The van der Waals surface area contributed by atoms with Crippen LogP contribution in [0.2, 0.25) is 10.0 Å². The second kappa shape index (κ2) is 15.1. The van der Waals surface area contributed by atoms with Crippen LogP contribution < -0.4 is 20.1 Å². The molecule has 8 aliphatic carbocycles. The summed E-state index contributed by atoms with van der Waals surface area (Å²) < 4.78 is 93.5. The van der Waals surface area contributed by atoms with E-state index in [-0.39, 0.29) is 81.2 Å². The summed E-state index contributed by atoms with van der Waals surface area (Å²) in [6, 6.07) is 6.09. The number of carbonyl (C=O) groups excluding carboxylic acids is 3. The van der Waals surface area contributed by atoms with Crippen LogP contribution in [0.5, 0.6) is 11.5 Å². The molecule has 332 valence electrons. The molecule has 9 aliphatic rings. The van der Waals surface area contributed by atoms with Crippen LogP contribution in [-0.2, 0) is 24.6 Å². The van der Waals surface area contributed by atoms with Gasteiger partial charge in [-0.3, -0.25) is 14.3 Å². The number of benzene rings is 2. The maximum absolute atomic E-state index is 15.4. The number of fused-ring (bicyclic) bond motifs is 1. The van der Waals surface area contributed by atoms with Gasteiger partial charge < -0.3 is 34.3 Å². The van der Waals surface area contributed by atoms with Gasteiger partial charge in [0.25, 0.3) is 11.8 Å². The van der Waals surface area contributed by atoms with Crippen molar-refractivity contribution in [1.29, 1.82) is 0 Å². The molecule has 1 aromatic heterocycles. The van der Waals surface area contributed by atoms with Gasteiger partial charge in [0.05, 0.1) is 34.7 Å². The molecule has 62 heavy (non-hydrogen) atoms. The maximum Gasteiger partial charge on any atom is 0.522 e. The highest BCUT2D eigenvalue weighted by atomic mass is 35.5. The van der Waals surface area contributed by atoms with E-state index in [9.17, 15) is 31.9 Å². The number of alkyl halides is 3. The third kappa shape index (κ3) is 7.52. The van der Waals surface area contributed by atoms with Gasteiger partial charge in [0.15, 0.2) is 13.2 Å². The van der Waals surface area contributed by atoms with Crippen LogP contribution in [0.3, 0.4) is 0 Å². The van der Waals surface area contributed by atoms with Crippen LogP contribution in [0.25, 0.3) is 0 Å². The van der Waals surface area contributed by atoms with Crippen molar-refractivity contribution in [3.63, 3.8) is 0 Å². The van der Waals surface area contributed by atoms with E-state index in [1.54, 1.807) is 17.4 Å². The van der Waals surface area contributed by atoms with Gasteiger partial charge in [-0.25, -0.2) is 18.6 Å². The summed E-state index contributed by atoms with van der Waals surface area (Å²) in [5, 5.41) is 5.58. The van der Waals surface area contributed by atoms with Crippen LogP contribution in [0.4, 0.5) is 26.7 Å². The van der Waals surface area contributed by atoms with Gasteiger partial charge in [0.2, 0.25) is 0 Å². The molecule has 12 rings (SSSR count). The summed E-state index contributed by atoms with van der Waals surface area (Å²) in [6.07, 6.45) is 4.03. The number of cyclic esters (lactones) is 1. The van der Waals surface area contributed by atoms with Gasteiger partial charge in [-0.15, -0.1) is 13.2 Å². The average molecular weight is 909 g/mol. The number of hydrogen-bond donors (Lipinski definition) is 2. The van der Waals surface area contributed by atoms with E-state index in [1.165, 1.54) is 24.6 Å². The molecule has 0 radical (unpaired) electrons. The van der Waals surface area contributed by atoms with Crippen molar-refractivity contribution >= 4 is 41.1 Å². The average Bonchev–Trinajstić information content (AvgIpc) is 3.93. The fourth-order valence-corrected chi connectivity index (χ4v) is 11.9. The summed E-state index contributed by atoms with van der Waals surface area (Å²) in [4.78, 5) is 44.7. The van der Waals surface area contributed by atoms with Gasteiger partial charge in [0.1, 0.15) is 29.2 Å². The van der Waals surface area contributed by atoms with Gasteiger partial charge in [0, 0.05) is 59.2 Å². The van der Waals surface area contributed by atoms with E-state index < -0.39 is 54.0 Å². The van der Waals surface area contributed by atoms with Gasteiger partial charge in [-0.2, -0.15) is 0 Å². The number of hydrogen-bond acceptors (Lipinski definition) is 8. The zero-order valence-corrected chi connectivity index (χ0v) is 34.8. The summed E-state index contributed by atoms with van der Waals surface area (Å²) >= 11 is 12.2. The first-order valence-corrected chi connectivity index (χ1v) is 21.8. The molecule has 3 amide bonds. The molecule has 2 aromatic carbocycles. The number of ether oxygens (including phenoxy) is 4. The summed E-state index contributed by atoms with van der Waals surface area (Å²) in [5.74, 6) is -3.27.